The highest BCUT2D eigenvalue weighted by Gasteiger charge is 2.28. The summed E-state index contributed by atoms with van der Waals surface area (Å²) in [6.45, 7) is 0.350. The molecule has 1 N–H and O–H groups in total. The van der Waals surface area contributed by atoms with Crippen LogP contribution in [0.25, 0.3) is 0 Å². The maximum Gasteiger partial charge on any atom is 0.303 e. The van der Waals surface area contributed by atoms with Crippen molar-refractivity contribution in [2.75, 3.05) is 6.54 Å². The number of imide groups is 1. The standard InChI is InChI=1S/C10H12BrNO4/c11-7-6-8(13)12(10(7)16)5-3-1-2-4-9(14)15/h6H,1-5H2,(H,14,15). The van der Waals surface area contributed by atoms with Crippen molar-refractivity contribution in [3.63, 3.8) is 0 Å². The van der Waals surface area contributed by atoms with Crippen molar-refractivity contribution in [1.29, 1.82) is 0 Å². The molecule has 2 amide bonds. The number of halogens is 1. The molecule has 6 heteroatoms. The second-order valence-electron chi connectivity index (χ2n) is 3.49. The summed E-state index contributed by atoms with van der Waals surface area (Å²) in [4.78, 5) is 34.0. The number of carboxylic acid groups (broad SMARTS) is 1. The number of nitrogens with zero attached hydrogens (tertiary/aromatic N) is 1. The molecular formula is C10H12BrNO4. The van der Waals surface area contributed by atoms with Gasteiger partial charge < -0.3 is 5.11 Å². The molecule has 0 unspecified atom stereocenters. The Balaban J connectivity index is 2.22. The van der Waals surface area contributed by atoms with Crippen LogP contribution >= 0.6 is 15.9 Å². The molecule has 0 radical (unpaired) electrons. The number of rotatable bonds is 6. The van der Waals surface area contributed by atoms with Crippen molar-refractivity contribution >= 4 is 33.7 Å². The van der Waals surface area contributed by atoms with E-state index in [0.29, 0.717) is 25.8 Å². The van der Waals surface area contributed by atoms with E-state index < -0.39 is 5.97 Å². The average Bonchev–Trinajstić information content (AvgIpc) is 2.43. The Morgan fingerprint density at radius 2 is 2.00 bits per heavy atom. The lowest BCUT2D eigenvalue weighted by atomic mass is 10.2. The Labute approximate surface area is 101 Å². The summed E-state index contributed by atoms with van der Waals surface area (Å²) in [5.41, 5.74) is 0. The van der Waals surface area contributed by atoms with Gasteiger partial charge in [0.05, 0.1) is 4.48 Å². The Morgan fingerprint density at radius 1 is 1.31 bits per heavy atom. The zero-order valence-corrected chi connectivity index (χ0v) is 10.2. The van der Waals surface area contributed by atoms with Crippen molar-refractivity contribution in [2.24, 2.45) is 0 Å². The largest absolute Gasteiger partial charge is 0.481 e. The van der Waals surface area contributed by atoms with E-state index in [1.165, 1.54) is 6.08 Å². The molecule has 16 heavy (non-hydrogen) atoms. The van der Waals surface area contributed by atoms with Gasteiger partial charge in [0.2, 0.25) is 0 Å². The second kappa shape index (κ2) is 5.79. The van der Waals surface area contributed by atoms with E-state index in [0.717, 1.165) is 4.90 Å². The zero-order chi connectivity index (χ0) is 12.1. The molecule has 1 heterocycles. The van der Waals surface area contributed by atoms with E-state index in [9.17, 15) is 14.4 Å². The lowest BCUT2D eigenvalue weighted by Gasteiger charge is -2.13. The number of carbonyl (C=O) groups excluding carboxylic acids is 2. The third kappa shape index (κ3) is 3.44. The molecule has 0 atom stereocenters. The van der Waals surface area contributed by atoms with Crippen LogP contribution in [-0.4, -0.2) is 34.3 Å². The first-order valence-corrected chi connectivity index (χ1v) is 5.76. The van der Waals surface area contributed by atoms with Crippen molar-refractivity contribution < 1.29 is 19.5 Å². The van der Waals surface area contributed by atoms with E-state index in [1.807, 2.05) is 0 Å². The Hall–Kier alpha value is -1.17. The first-order valence-electron chi connectivity index (χ1n) is 4.97. The fourth-order valence-electron chi connectivity index (χ4n) is 1.41. The second-order valence-corrected chi connectivity index (χ2v) is 4.35. The minimum absolute atomic E-state index is 0.129. The molecule has 5 nitrogen and oxygen atoms in total. The van der Waals surface area contributed by atoms with E-state index in [4.69, 9.17) is 5.11 Å². The number of carboxylic acids is 1. The minimum atomic E-state index is -0.822. The van der Waals surface area contributed by atoms with Crippen LogP contribution in [0.15, 0.2) is 10.6 Å². The first kappa shape index (κ1) is 12.9. The molecule has 0 saturated carbocycles. The number of aliphatic carboxylic acids is 1. The predicted molar refractivity (Wildman–Crippen MR) is 59.8 cm³/mol. The molecule has 0 spiro atoms. The third-order valence-electron chi connectivity index (χ3n) is 2.24. The van der Waals surface area contributed by atoms with Gasteiger partial charge in [-0.2, -0.15) is 0 Å². The highest BCUT2D eigenvalue weighted by atomic mass is 79.9. The number of hydrogen-bond acceptors (Lipinski definition) is 3. The fraction of sp³-hybridized carbons (Fsp3) is 0.500. The third-order valence-corrected chi connectivity index (χ3v) is 2.81. The molecule has 0 saturated heterocycles. The fourth-order valence-corrected chi connectivity index (χ4v) is 1.82. The van der Waals surface area contributed by atoms with Gasteiger partial charge in [0.25, 0.3) is 11.8 Å². The summed E-state index contributed by atoms with van der Waals surface area (Å²) in [7, 11) is 0. The molecule has 1 aliphatic heterocycles. The molecular weight excluding hydrogens is 278 g/mol. The van der Waals surface area contributed by atoms with Crippen LogP contribution in [0, 0.1) is 0 Å². The highest BCUT2D eigenvalue weighted by molar-refractivity contribution is 9.12. The molecule has 0 fully saturated rings. The Morgan fingerprint density at radius 3 is 2.50 bits per heavy atom. The number of unbranched alkanes of at least 4 members (excludes halogenated alkanes) is 2. The summed E-state index contributed by atoms with van der Waals surface area (Å²) in [6.07, 6.45) is 3.28. The van der Waals surface area contributed by atoms with Gasteiger partial charge in [-0.05, 0) is 28.8 Å². The van der Waals surface area contributed by atoms with Gasteiger partial charge in [-0.25, -0.2) is 0 Å². The summed E-state index contributed by atoms with van der Waals surface area (Å²) >= 11 is 3.00. The van der Waals surface area contributed by atoms with Gasteiger partial charge in [0, 0.05) is 19.0 Å². The zero-order valence-electron chi connectivity index (χ0n) is 8.61. The number of carbonyl (C=O) groups is 3. The summed E-state index contributed by atoms with van der Waals surface area (Å²) in [6, 6.07) is 0. The van der Waals surface area contributed by atoms with Gasteiger partial charge in [-0.3, -0.25) is 19.3 Å². The van der Waals surface area contributed by atoms with Crippen LogP contribution in [-0.2, 0) is 14.4 Å². The molecule has 0 aliphatic carbocycles. The monoisotopic (exact) mass is 289 g/mol. The molecule has 1 aliphatic rings. The van der Waals surface area contributed by atoms with Gasteiger partial charge in [-0.15, -0.1) is 0 Å². The first-order chi connectivity index (χ1) is 7.52. The maximum absolute atomic E-state index is 11.4. The van der Waals surface area contributed by atoms with E-state index >= 15 is 0 Å². The van der Waals surface area contributed by atoms with Crippen molar-refractivity contribution in [3.8, 4) is 0 Å². The van der Waals surface area contributed by atoms with Crippen LogP contribution < -0.4 is 0 Å². The Bertz CT molecular complexity index is 351. The SMILES string of the molecule is O=C(O)CCCCCN1C(=O)C=C(Br)C1=O. The lowest BCUT2D eigenvalue weighted by molar-refractivity contribution is -0.138. The summed E-state index contributed by atoms with van der Waals surface area (Å²) in [5, 5.41) is 8.41. The van der Waals surface area contributed by atoms with Crippen LogP contribution in [0.2, 0.25) is 0 Å². The maximum atomic E-state index is 11.4. The quantitative estimate of drug-likeness (QED) is 0.590. The minimum Gasteiger partial charge on any atom is -0.481 e. The number of hydrogen-bond donors (Lipinski definition) is 1. The molecule has 0 aromatic heterocycles. The summed E-state index contributed by atoms with van der Waals surface area (Å²) < 4.78 is 0.281. The van der Waals surface area contributed by atoms with Gasteiger partial charge in [-0.1, -0.05) is 6.42 Å². The number of amides is 2. The van der Waals surface area contributed by atoms with Crippen molar-refractivity contribution in [1.82, 2.24) is 4.90 Å². The topological polar surface area (TPSA) is 74.7 Å². The summed E-state index contributed by atoms with van der Waals surface area (Å²) in [5.74, 6) is -1.45. The average molecular weight is 290 g/mol. The lowest BCUT2D eigenvalue weighted by Crippen LogP contribution is -2.31. The predicted octanol–water partition coefficient (Wildman–Crippen LogP) is 1.28. The molecule has 1 rings (SSSR count). The van der Waals surface area contributed by atoms with Gasteiger partial charge in [0.15, 0.2) is 0 Å². The van der Waals surface area contributed by atoms with E-state index in [2.05, 4.69) is 15.9 Å². The molecule has 0 bridgehead atoms. The Kier molecular flexibility index (Phi) is 4.67. The van der Waals surface area contributed by atoms with Crippen molar-refractivity contribution in [2.45, 2.75) is 25.7 Å². The van der Waals surface area contributed by atoms with Crippen LogP contribution in [0.3, 0.4) is 0 Å². The van der Waals surface area contributed by atoms with Crippen LogP contribution in [0.1, 0.15) is 25.7 Å². The molecule has 0 aromatic carbocycles. The van der Waals surface area contributed by atoms with Crippen LogP contribution in [0.5, 0.6) is 0 Å². The van der Waals surface area contributed by atoms with E-state index in [1.54, 1.807) is 0 Å². The normalized spacial score (nSPS) is 15.6. The van der Waals surface area contributed by atoms with Crippen LogP contribution in [0.4, 0.5) is 0 Å². The molecule has 88 valence electrons. The highest BCUT2D eigenvalue weighted by Crippen LogP contribution is 2.18. The smallest absolute Gasteiger partial charge is 0.303 e. The van der Waals surface area contributed by atoms with Gasteiger partial charge >= 0.3 is 5.97 Å². The van der Waals surface area contributed by atoms with Crippen molar-refractivity contribution in [3.05, 3.63) is 10.6 Å². The molecule has 0 aromatic rings. The van der Waals surface area contributed by atoms with Gasteiger partial charge in [0.1, 0.15) is 0 Å². The van der Waals surface area contributed by atoms with E-state index in [-0.39, 0.29) is 22.7 Å².